The summed E-state index contributed by atoms with van der Waals surface area (Å²) in [4.78, 5) is 31.6. The number of hydrogen-bond donors (Lipinski definition) is 1. The van der Waals surface area contributed by atoms with Crippen LogP contribution in [0.2, 0.25) is 0 Å². The molecule has 0 aliphatic carbocycles. The fourth-order valence-electron chi connectivity index (χ4n) is 2.80. The smallest absolute Gasteiger partial charge is 0.272 e. The van der Waals surface area contributed by atoms with Gasteiger partial charge in [0.15, 0.2) is 0 Å². The van der Waals surface area contributed by atoms with E-state index in [-0.39, 0.29) is 23.2 Å². The highest BCUT2D eigenvalue weighted by molar-refractivity contribution is 5.92. The lowest BCUT2D eigenvalue weighted by molar-refractivity contribution is 0.0780. The Bertz CT molecular complexity index is 733. The van der Waals surface area contributed by atoms with Gasteiger partial charge in [0.25, 0.3) is 11.5 Å². The van der Waals surface area contributed by atoms with Crippen molar-refractivity contribution in [3.8, 4) is 0 Å². The normalized spacial score (nSPS) is 18.2. The molecule has 2 aromatic heterocycles. The van der Waals surface area contributed by atoms with E-state index in [0.29, 0.717) is 13.1 Å². The van der Waals surface area contributed by atoms with Crippen LogP contribution in [-0.2, 0) is 0 Å². The predicted molar refractivity (Wildman–Crippen MR) is 76.1 cm³/mol. The molecular formula is C14H17N5O2. The van der Waals surface area contributed by atoms with Crippen LogP contribution < -0.4 is 5.56 Å². The van der Waals surface area contributed by atoms with Crippen molar-refractivity contribution < 1.29 is 4.79 Å². The van der Waals surface area contributed by atoms with E-state index in [0.717, 1.165) is 24.0 Å². The van der Waals surface area contributed by atoms with Crippen LogP contribution in [0.5, 0.6) is 0 Å². The van der Waals surface area contributed by atoms with Gasteiger partial charge >= 0.3 is 0 Å². The van der Waals surface area contributed by atoms with E-state index < -0.39 is 0 Å². The molecule has 1 aliphatic heterocycles. The van der Waals surface area contributed by atoms with Gasteiger partial charge in [0.2, 0.25) is 0 Å². The highest BCUT2D eigenvalue weighted by Crippen LogP contribution is 2.23. The molecule has 1 fully saturated rings. The van der Waals surface area contributed by atoms with Crippen molar-refractivity contribution in [2.24, 2.45) is 0 Å². The number of carbonyl (C=O) groups is 1. The molecule has 21 heavy (non-hydrogen) atoms. The van der Waals surface area contributed by atoms with Crippen molar-refractivity contribution in [2.45, 2.75) is 26.3 Å². The molecule has 0 radical (unpaired) electrons. The van der Waals surface area contributed by atoms with Gasteiger partial charge in [0.05, 0.1) is 24.1 Å². The number of nitrogens with one attached hydrogen (secondary N) is 1. The zero-order valence-electron chi connectivity index (χ0n) is 12.0. The van der Waals surface area contributed by atoms with Crippen LogP contribution in [-0.4, -0.2) is 43.6 Å². The summed E-state index contributed by atoms with van der Waals surface area (Å²) in [5.74, 6) is -0.191. The van der Waals surface area contributed by atoms with Gasteiger partial charge in [-0.1, -0.05) is 0 Å². The fraction of sp³-hybridized carbons (Fsp3) is 0.429. The number of nitrogens with zero attached hydrogens (tertiary/aromatic N) is 4. The first-order valence-corrected chi connectivity index (χ1v) is 6.91. The van der Waals surface area contributed by atoms with E-state index in [2.05, 4.69) is 15.1 Å². The fourth-order valence-corrected chi connectivity index (χ4v) is 2.80. The topological polar surface area (TPSA) is 83.9 Å². The highest BCUT2D eigenvalue weighted by atomic mass is 16.2. The molecule has 0 bridgehead atoms. The molecule has 1 atom stereocenters. The van der Waals surface area contributed by atoms with Gasteiger partial charge in [-0.3, -0.25) is 19.3 Å². The average molecular weight is 287 g/mol. The Morgan fingerprint density at radius 2 is 2.19 bits per heavy atom. The van der Waals surface area contributed by atoms with Crippen molar-refractivity contribution in [3.05, 3.63) is 45.9 Å². The molecule has 110 valence electrons. The van der Waals surface area contributed by atoms with Crippen molar-refractivity contribution in [2.75, 3.05) is 13.1 Å². The molecular weight excluding hydrogens is 270 g/mol. The van der Waals surface area contributed by atoms with Crippen LogP contribution in [0.1, 0.15) is 34.3 Å². The molecule has 2 aromatic rings. The molecule has 0 spiro atoms. The quantitative estimate of drug-likeness (QED) is 0.880. The highest BCUT2D eigenvalue weighted by Gasteiger charge is 2.29. The van der Waals surface area contributed by atoms with Crippen LogP contribution in [0.4, 0.5) is 0 Å². The van der Waals surface area contributed by atoms with Gasteiger partial charge in [-0.05, 0) is 26.3 Å². The first-order chi connectivity index (χ1) is 10.0. The summed E-state index contributed by atoms with van der Waals surface area (Å²) in [7, 11) is 0. The second-order valence-corrected chi connectivity index (χ2v) is 5.38. The number of carbonyl (C=O) groups excluding carboxylic acids is 1. The molecule has 3 rings (SSSR count). The molecule has 1 aliphatic rings. The van der Waals surface area contributed by atoms with Crippen LogP contribution in [0.25, 0.3) is 0 Å². The number of amides is 1. The number of likely N-dealkylation sites (tertiary alicyclic amines) is 1. The second-order valence-electron chi connectivity index (χ2n) is 5.38. The summed E-state index contributed by atoms with van der Waals surface area (Å²) in [6, 6.07) is 2.22. The SMILES string of the molecule is Cc1cc(C)n([C@H]2CCN(C(=O)c3cncc(=O)[nH]3)C2)n1. The van der Waals surface area contributed by atoms with Gasteiger partial charge in [-0.15, -0.1) is 0 Å². The summed E-state index contributed by atoms with van der Waals surface area (Å²) in [6.45, 7) is 5.22. The maximum Gasteiger partial charge on any atom is 0.272 e. The number of hydrogen-bond acceptors (Lipinski definition) is 4. The maximum atomic E-state index is 12.4. The maximum absolute atomic E-state index is 12.4. The van der Waals surface area contributed by atoms with Crippen LogP contribution in [0, 0.1) is 13.8 Å². The number of aromatic nitrogens is 4. The molecule has 7 nitrogen and oxygen atoms in total. The number of aryl methyl sites for hydroxylation is 2. The van der Waals surface area contributed by atoms with Gasteiger partial charge in [0.1, 0.15) is 5.69 Å². The van der Waals surface area contributed by atoms with Gasteiger partial charge in [-0.2, -0.15) is 5.10 Å². The Hall–Kier alpha value is -2.44. The lowest BCUT2D eigenvalue weighted by atomic mass is 10.2. The molecule has 3 heterocycles. The van der Waals surface area contributed by atoms with E-state index >= 15 is 0 Å². The monoisotopic (exact) mass is 287 g/mol. The minimum atomic E-state index is -0.366. The van der Waals surface area contributed by atoms with E-state index in [1.807, 2.05) is 24.6 Å². The molecule has 1 saturated heterocycles. The zero-order chi connectivity index (χ0) is 15.0. The number of H-pyrrole nitrogens is 1. The van der Waals surface area contributed by atoms with Crippen molar-refractivity contribution >= 4 is 5.91 Å². The van der Waals surface area contributed by atoms with Gasteiger partial charge < -0.3 is 9.88 Å². The minimum absolute atomic E-state index is 0.186. The lowest BCUT2D eigenvalue weighted by Crippen LogP contribution is -2.31. The van der Waals surface area contributed by atoms with Crippen LogP contribution >= 0.6 is 0 Å². The summed E-state index contributed by atoms with van der Waals surface area (Å²) < 4.78 is 1.98. The minimum Gasteiger partial charge on any atom is -0.335 e. The zero-order valence-corrected chi connectivity index (χ0v) is 12.0. The van der Waals surface area contributed by atoms with Crippen molar-refractivity contribution in [3.63, 3.8) is 0 Å². The van der Waals surface area contributed by atoms with Crippen LogP contribution in [0.15, 0.2) is 23.3 Å². The van der Waals surface area contributed by atoms with Crippen molar-refractivity contribution in [1.82, 2.24) is 24.6 Å². The van der Waals surface area contributed by atoms with E-state index in [9.17, 15) is 9.59 Å². The number of rotatable bonds is 2. The molecule has 0 saturated carbocycles. The average Bonchev–Trinajstić information content (AvgIpc) is 3.04. The Kier molecular flexibility index (Phi) is 3.32. The van der Waals surface area contributed by atoms with Gasteiger partial charge in [0, 0.05) is 18.8 Å². The molecule has 7 heteroatoms. The third-order valence-corrected chi connectivity index (χ3v) is 3.72. The predicted octanol–water partition coefficient (Wildman–Crippen LogP) is 0.670. The number of aromatic amines is 1. The Morgan fingerprint density at radius 1 is 1.38 bits per heavy atom. The second kappa shape index (κ2) is 5.16. The third kappa shape index (κ3) is 2.58. The Labute approximate surface area is 121 Å². The summed E-state index contributed by atoms with van der Waals surface area (Å²) in [5.41, 5.74) is 1.95. The van der Waals surface area contributed by atoms with Crippen LogP contribution in [0.3, 0.4) is 0 Å². The molecule has 0 unspecified atom stereocenters. The standard InChI is InChI=1S/C14H17N5O2/c1-9-5-10(2)19(17-9)11-3-4-18(8-11)14(21)12-6-15-7-13(20)16-12/h5-7,11H,3-4,8H2,1-2H3,(H,16,20)/t11-/m0/s1. The molecule has 0 aromatic carbocycles. The Morgan fingerprint density at radius 3 is 2.86 bits per heavy atom. The van der Waals surface area contributed by atoms with E-state index in [1.165, 1.54) is 6.20 Å². The first-order valence-electron chi connectivity index (χ1n) is 6.91. The summed E-state index contributed by atoms with van der Waals surface area (Å²) in [6.07, 6.45) is 3.40. The van der Waals surface area contributed by atoms with Gasteiger partial charge in [-0.25, -0.2) is 0 Å². The Balaban J connectivity index is 1.76. The van der Waals surface area contributed by atoms with Crippen molar-refractivity contribution in [1.29, 1.82) is 0 Å². The van der Waals surface area contributed by atoms with E-state index in [1.54, 1.807) is 4.90 Å². The molecule has 1 amide bonds. The molecule has 1 N–H and O–H groups in total. The summed E-state index contributed by atoms with van der Waals surface area (Å²) >= 11 is 0. The third-order valence-electron chi connectivity index (χ3n) is 3.72. The first kappa shape index (κ1) is 13.5. The lowest BCUT2D eigenvalue weighted by Gasteiger charge is -2.17. The summed E-state index contributed by atoms with van der Waals surface area (Å²) in [5, 5.41) is 4.48. The van der Waals surface area contributed by atoms with E-state index in [4.69, 9.17) is 0 Å². The largest absolute Gasteiger partial charge is 0.335 e.